The van der Waals surface area contributed by atoms with Crippen molar-refractivity contribution >= 4 is 18.3 Å². The number of amides is 1. The summed E-state index contributed by atoms with van der Waals surface area (Å²) in [4.78, 5) is 12.9. The quantitative estimate of drug-likeness (QED) is 0.767. The van der Waals surface area contributed by atoms with Gasteiger partial charge in [-0.1, -0.05) is 6.07 Å². The molecule has 158 valence electrons. The fourth-order valence-electron chi connectivity index (χ4n) is 3.62. The van der Waals surface area contributed by atoms with E-state index in [0.717, 1.165) is 18.2 Å². The van der Waals surface area contributed by atoms with E-state index in [9.17, 15) is 13.6 Å². The van der Waals surface area contributed by atoms with E-state index in [0.29, 0.717) is 35.6 Å². The molecule has 1 aliphatic heterocycles. The van der Waals surface area contributed by atoms with Gasteiger partial charge in [0.15, 0.2) is 11.6 Å². The van der Waals surface area contributed by atoms with Crippen molar-refractivity contribution in [2.24, 2.45) is 0 Å². The van der Waals surface area contributed by atoms with E-state index < -0.39 is 11.6 Å². The van der Waals surface area contributed by atoms with Gasteiger partial charge in [-0.05, 0) is 49.7 Å². The van der Waals surface area contributed by atoms with Crippen LogP contribution in [0.25, 0.3) is 0 Å². The molecule has 2 N–H and O–H groups in total. The maximum atomic E-state index is 13.7. The Kier molecular flexibility index (Phi) is 7.81. The number of hydrogen-bond donors (Lipinski definition) is 2. The van der Waals surface area contributed by atoms with Crippen LogP contribution in [-0.2, 0) is 0 Å². The molecule has 0 bridgehead atoms. The van der Waals surface area contributed by atoms with Gasteiger partial charge < -0.3 is 20.1 Å². The van der Waals surface area contributed by atoms with Crippen molar-refractivity contribution in [3.63, 3.8) is 0 Å². The summed E-state index contributed by atoms with van der Waals surface area (Å²) >= 11 is 0. The molecule has 2 atom stereocenters. The number of carbonyl (C=O) groups is 1. The Labute approximate surface area is 175 Å². The molecule has 0 spiro atoms. The summed E-state index contributed by atoms with van der Waals surface area (Å²) in [5, 5.41) is 6.25. The van der Waals surface area contributed by atoms with E-state index in [4.69, 9.17) is 9.47 Å². The van der Waals surface area contributed by atoms with Crippen LogP contribution < -0.4 is 20.1 Å². The van der Waals surface area contributed by atoms with Gasteiger partial charge in [-0.25, -0.2) is 8.78 Å². The highest BCUT2D eigenvalue weighted by atomic mass is 35.5. The number of halogens is 3. The molecule has 8 heteroatoms. The van der Waals surface area contributed by atoms with Gasteiger partial charge in [0.2, 0.25) is 0 Å². The summed E-state index contributed by atoms with van der Waals surface area (Å²) in [6.45, 7) is 3.13. The van der Waals surface area contributed by atoms with E-state index in [1.807, 2.05) is 6.92 Å². The summed E-state index contributed by atoms with van der Waals surface area (Å²) < 4.78 is 37.6. The minimum Gasteiger partial charge on any atom is -0.496 e. The number of rotatable bonds is 5. The lowest BCUT2D eigenvalue weighted by molar-refractivity contribution is 0.0923. The molecule has 1 aliphatic rings. The predicted molar refractivity (Wildman–Crippen MR) is 109 cm³/mol. The monoisotopic (exact) mass is 426 g/mol. The predicted octanol–water partition coefficient (Wildman–Crippen LogP) is 3.59. The lowest BCUT2D eigenvalue weighted by Gasteiger charge is -2.33. The van der Waals surface area contributed by atoms with Crippen LogP contribution in [0.3, 0.4) is 0 Å². The molecule has 1 saturated heterocycles. The summed E-state index contributed by atoms with van der Waals surface area (Å²) in [5.41, 5.74) is 1.89. The van der Waals surface area contributed by atoms with Gasteiger partial charge in [0.25, 0.3) is 5.91 Å². The zero-order valence-corrected chi connectivity index (χ0v) is 17.4. The van der Waals surface area contributed by atoms with Crippen molar-refractivity contribution in [2.75, 3.05) is 27.3 Å². The van der Waals surface area contributed by atoms with Crippen LogP contribution in [0.1, 0.15) is 33.8 Å². The van der Waals surface area contributed by atoms with Gasteiger partial charge in [0.05, 0.1) is 14.2 Å². The number of nitrogens with one attached hydrogen (secondary N) is 2. The maximum Gasteiger partial charge on any atom is 0.251 e. The lowest BCUT2D eigenvalue weighted by atomic mass is 9.85. The molecule has 2 unspecified atom stereocenters. The fourth-order valence-corrected chi connectivity index (χ4v) is 3.62. The largest absolute Gasteiger partial charge is 0.496 e. The SMILES string of the molecule is COc1cc(C(=O)NC2CNCCC2c2ccc(F)c(F)c2)cc(OC)c1C.Cl. The first-order valence-electron chi connectivity index (χ1n) is 9.13. The van der Waals surface area contributed by atoms with Crippen molar-refractivity contribution in [3.8, 4) is 11.5 Å². The van der Waals surface area contributed by atoms with E-state index in [-0.39, 0.29) is 30.3 Å². The zero-order chi connectivity index (χ0) is 20.3. The highest BCUT2D eigenvalue weighted by Gasteiger charge is 2.29. The van der Waals surface area contributed by atoms with Gasteiger partial charge in [0, 0.05) is 29.6 Å². The van der Waals surface area contributed by atoms with Gasteiger partial charge in [0.1, 0.15) is 11.5 Å². The van der Waals surface area contributed by atoms with Crippen molar-refractivity contribution in [1.82, 2.24) is 10.6 Å². The van der Waals surface area contributed by atoms with Crippen LogP contribution in [0.15, 0.2) is 30.3 Å². The van der Waals surface area contributed by atoms with Gasteiger partial charge in [-0.2, -0.15) is 0 Å². The maximum absolute atomic E-state index is 13.7. The summed E-state index contributed by atoms with van der Waals surface area (Å²) in [6, 6.07) is 6.98. The van der Waals surface area contributed by atoms with Crippen LogP contribution in [0, 0.1) is 18.6 Å². The molecule has 0 aliphatic carbocycles. The van der Waals surface area contributed by atoms with Crippen LogP contribution in [0.2, 0.25) is 0 Å². The minimum absolute atomic E-state index is 0. The molecule has 0 aromatic heterocycles. The normalized spacial score (nSPS) is 18.5. The second-order valence-corrected chi connectivity index (χ2v) is 6.86. The first-order chi connectivity index (χ1) is 13.4. The molecule has 0 radical (unpaired) electrons. The lowest BCUT2D eigenvalue weighted by Crippen LogP contribution is -2.50. The first-order valence-corrected chi connectivity index (χ1v) is 9.13. The molecular formula is C21H25ClF2N2O3. The molecule has 29 heavy (non-hydrogen) atoms. The van der Waals surface area contributed by atoms with Crippen molar-refractivity contribution < 1.29 is 23.0 Å². The second-order valence-electron chi connectivity index (χ2n) is 6.86. The average molecular weight is 427 g/mol. The summed E-state index contributed by atoms with van der Waals surface area (Å²) in [5.74, 6) is -1.04. The number of methoxy groups -OCH3 is 2. The third-order valence-corrected chi connectivity index (χ3v) is 5.18. The standard InChI is InChI=1S/C21H24F2N2O3.ClH/c1-12-19(27-2)9-14(10-20(12)28-3)21(26)25-18-11-24-7-6-15(18)13-4-5-16(22)17(23)8-13;/h4-5,8-10,15,18,24H,6-7,11H2,1-3H3,(H,25,26);1H. The number of carbonyl (C=O) groups excluding carboxylic acids is 1. The molecule has 1 heterocycles. The topological polar surface area (TPSA) is 59.6 Å². The summed E-state index contributed by atoms with van der Waals surface area (Å²) in [7, 11) is 3.07. The molecule has 1 amide bonds. The zero-order valence-electron chi connectivity index (χ0n) is 16.6. The minimum atomic E-state index is -0.880. The Morgan fingerprint density at radius 3 is 2.34 bits per heavy atom. The highest BCUT2D eigenvalue weighted by molar-refractivity contribution is 5.95. The molecule has 2 aromatic rings. The number of piperidine rings is 1. The summed E-state index contributed by atoms with van der Waals surface area (Å²) in [6.07, 6.45) is 0.705. The third kappa shape index (κ3) is 4.97. The van der Waals surface area contributed by atoms with Gasteiger partial charge in [-0.15, -0.1) is 12.4 Å². The first kappa shape index (κ1) is 22.9. The highest BCUT2D eigenvalue weighted by Crippen LogP contribution is 2.30. The molecule has 2 aromatic carbocycles. The third-order valence-electron chi connectivity index (χ3n) is 5.18. The van der Waals surface area contributed by atoms with E-state index in [1.165, 1.54) is 20.3 Å². The molecule has 5 nitrogen and oxygen atoms in total. The fraction of sp³-hybridized carbons (Fsp3) is 0.381. The average Bonchev–Trinajstić information content (AvgIpc) is 2.70. The van der Waals surface area contributed by atoms with E-state index >= 15 is 0 Å². The number of hydrogen-bond acceptors (Lipinski definition) is 4. The van der Waals surface area contributed by atoms with Crippen molar-refractivity contribution in [3.05, 3.63) is 58.7 Å². The Hall–Kier alpha value is -2.38. The number of ether oxygens (including phenoxy) is 2. The van der Waals surface area contributed by atoms with Crippen LogP contribution in [0.5, 0.6) is 11.5 Å². The van der Waals surface area contributed by atoms with E-state index in [1.54, 1.807) is 18.2 Å². The van der Waals surface area contributed by atoms with Gasteiger partial charge in [-0.3, -0.25) is 4.79 Å². The Morgan fingerprint density at radius 2 is 1.76 bits per heavy atom. The van der Waals surface area contributed by atoms with Crippen LogP contribution >= 0.6 is 12.4 Å². The molecular weight excluding hydrogens is 402 g/mol. The smallest absolute Gasteiger partial charge is 0.251 e. The van der Waals surface area contributed by atoms with Gasteiger partial charge >= 0.3 is 0 Å². The Balaban J connectivity index is 0.00000300. The van der Waals surface area contributed by atoms with Crippen LogP contribution in [0.4, 0.5) is 8.78 Å². The van der Waals surface area contributed by atoms with Crippen molar-refractivity contribution in [1.29, 1.82) is 0 Å². The van der Waals surface area contributed by atoms with E-state index in [2.05, 4.69) is 10.6 Å². The Morgan fingerprint density at radius 1 is 1.10 bits per heavy atom. The van der Waals surface area contributed by atoms with Crippen molar-refractivity contribution in [2.45, 2.75) is 25.3 Å². The molecule has 3 rings (SSSR count). The number of benzene rings is 2. The second kappa shape index (κ2) is 9.89. The molecule has 0 saturated carbocycles. The Bertz CT molecular complexity index is 854. The molecule has 1 fully saturated rings. The van der Waals surface area contributed by atoms with Crippen LogP contribution in [-0.4, -0.2) is 39.3 Å².